The number of hydrogen-bond donors (Lipinski definition) is 1. The average Bonchev–Trinajstić information content (AvgIpc) is 2.70. The monoisotopic (exact) mass is 238 g/mol. The summed E-state index contributed by atoms with van der Waals surface area (Å²) in [5.41, 5.74) is 5.41. The molecule has 1 amide bonds. The maximum atomic E-state index is 11.8. The second-order valence-electron chi connectivity index (χ2n) is 4.30. The average molecular weight is 238 g/mol. The van der Waals surface area contributed by atoms with E-state index in [2.05, 4.69) is 4.98 Å². The van der Waals surface area contributed by atoms with E-state index in [1.54, 1.807) is 11.1 Å². The summed E-state index contributed by atoms with van der Waals surface area (Å²) in [6.07, 6.45) is 7.17. The molecule has 0 aliphatic rings. The third kappa shape index (κ3) is 4.56. The van der Waals surface area contributed by atoms with Crippen molar-refractivity contribution in [3.05, 3.63) is 18.2 Å². The maximum Gasteiger partial charge on any atom is 0.222 e. The Balaban J connectivity index is 2.30. The van der Waals surface area contributed by atoms with Crippen LogP contribution >= 0.6 is 0 Å². The number of aromatic nitrogens is 2. The van der Waals surface area contributed by atoms with Gasteiger partial charge in [-0.15, -0.1) is 0 Å². The molecule has 1 rings (SSSR count). The standard InChI is InChI=1S/C12H22N4O/c1-15-9-8-14-11(15)10-16(2)12(17)6-4-3-5-7-13/h8-9H,3-7,10,13H2,1-2H3. The van der Waals surface area contributed by atoms with Crippen LogP contribution in [0.2, 0.25) is 0 Å². The summed E-state index contributed by atoms with van der Waals surface area (Å²) in [6, 6.07) is 0. The fourth-order valence-corrected chi connectivity index (χ4v) is 1.64. The van der Waals surface area contributed by atoms with Crippen LogP contribution in [-0.2, 0) is 18.4 Å². The Morgan fingerprint density at radius 3 is 2.82 bits per heavy atom. The molecule has 0 aliphatic heterocycles. The molecule has 0 unspecified atom stereocenters. The molecule has 0 aromatic carbocycles. The van der Waals surface area contributed by atoms with E-state index in [1.807, 2.05) is 24.9 Å². The van der Waals surface area contributed by atoms with Crippen LogP contribution in [0.4, 0.5) is 0 Å². The van der Waals surface area contributed by atoms with E-state index >= 15 is 0 Å². The number of carbonyl (C=O) groups is 1. The molecule has 17 heavy (non-hydrogen) atoms. The van der Waals surface area contributed by atoms with E-state index in [1.165, 1.54) is 0 Å². The number of imidazole rings is 1. The number of amides is 1. The highest BCUT2D eigenvalue weighted by Crippen LogP contribution is 2.05. The molecule has 96 valence electrons. The van der Waals surface area contributed by atoms with Gasteiger partial charge >= 0.3 is 0 Å². The van der Waals surface area contributed by atoms with Crippen molar-refractivity contribution in [2.24, 2.45) is 12.8 Å². The quantitative estimate of drug-likeness (QED) is 0.718. The van der Waals surface area contributed by atoms with Crippen LogP contribution in [0.1, 0.15) is 31.5 Å². The first-order valence-corrected chi connectivity index (χ1v) is 6.05. The van der Waals surface area contributed by atoms with E-state index in [4.69, 9.17) is 5.73 Å². The second-order valence-corrected chi connectivity index (χ2v) is 4.30. The van der Waals surface area contributed by atoms with Gasteiger partial charge in [0.05, 0.1) is 6.54 Å². The molecule has 0 fully saturated rings. The highest BCUT2D eigenvalue weighted by atomic mass is 16.2. The summed E-state index contributed by atoms with van der Waals surface area (Å²) in [5, 5.41) is 0. The number of rotatable bonds is 7. The minimum Gasteiger partial charge on any atom is -0.338 e. The Bertz CT molecular complexity index is 348. The molecule has 0 saturated carbocycles. The summed E-state index contributed by atoms with van der Waals surface area (Å²) in [7, 11) is 3.75. The molecule has 0 saturated heterocycles. The van der Waals surface area contributed by atoms with Crippen molar-refractivity contribution >= 4 is 5.91 Å². The zero-order chi connectivity index (χ0) is 12.7. The Kier molecular flexibility index (Phi) is 5.69. The summed E-state index contributed by atoms with van der Waals surface area (Å²) >= 11 is 0. The topological polar surface area (TPSA) is 64.2 Å². The van der Waals surface area contributed by atoms with Crippen LogP contribution in [0.5, 0.6) is 0 Å². The van der Waals surface area contributed by atoms with Crippen LogP contribution < -0.4 is 5.73 Å². The fourth-order valence-electron chi connectivity index (χ4n) is 1.64. The first kappa shape index (κ1) is 13.7. The van der Waals surface area contributed by atoms with Crippen LogP contribution in [0, 0.1) is 0 Å². The number of unbranched alkanes of at least 4 members (excludes halogenated alkanes) is 2. The summed E-state index contributed by atoms with van der Waals surface area (Å²) in [4.78, 5) is 17.7. The van der Waals surface area contributed by atoms with Gasteiger partial charge in [-0.25, -0.2) is 4.98 Å². The molecule has 5 nitrogen and oxygen atoms in total. The molecule has 1 heterocycles. The molecule has 5 heteroatoms. The molecule has 1 aromatic heterocycles. The van der Waals surface area contributed by atoms with Crippen molar-refractivity contribution in [2.45, 2.75) is 32.2 Å². The number of nitrogens with zero attached hydrogens (tertiary/aromatic N) is 3. The maximum absolute atomic E-state index is 11.8. The molecule has 0 bridgehead atoms. The molecule has 0 spiro atoms. The lowest BCUT2D eigenvalue weighted by Crippen LogP contribution is -2.27. The minimum atomic E-state index is 0.171. The molecular formula is C12H22N4O. The predicted molar refractivity (Wildman–Crippen MR) is 67.2 cm³/mol. The van der Waals surface area contributed by atoms with Crippen molar-refractivity contribution < 1.29 is 4.79 Å². The largest absolute Gasteiger partial charge is 0.338 e. The third-order valence-electron chi connectivity index (χ3n) is 2.82. The Labute approximate surface area is 103 Å². The highest BCUT2D eigenvalue weighted by Gasteiger charge is 2.10. The van der Waals surface area contributed by atoms with Crippen molar-refractivity contribution in [3.8, 4) is 0 Å². The molecule has 0 aliphatic carbocycles. The molecule has 2 N–H and O–H groups in total. The van der Waals surface area contributed by atoms with E-state index in [-0.39, 0.29) is 5.91 Å². The van der Waals surface area contributed by atoms with Crippen LogP contribution in [0.25, 0.3) is 0 Å². The van der Waals surface area contributed by atoms with Gasteiger partial charge in [-0.3, -0.25) is 4.79 Å². The van der Waals surface area contributed by atoms with Gasteiger partial charge in [-0.2, -0.15) is 0 Å². The first-order chi connectivity index (χ1) is 8.15. The van der Waals surface area contributed by atoms with E-state index < -0.39 is 0 Å². The summed E-state index contributed by atoms with van der Waals surface area (Å²) in [5.74, 6) is 1.08. The molecular weight excluding hydrogens is 216 g/mol. The fraction of sp³-hybridized carbons (Fsp3) is 0.667. The number of nitrogens with two attached hydrogens (primary N) is 1. The van der Waals surface area contributed by atoms with Crippen molar-refractivity contribution in [2.75, 3.05) is 13.6 Å². The third-order valence-corrected chi connectivity index (χ3v) is 2.82. The minimum absolute atomic E-state index is 0.171. The van der Waals surface area contributed by atoms with Gasteiger partial charge in [-0.1, -0.05) is 6.42 Å². The van der Waals surface area contributed by atoms with E-state index in [9.17, 15) is 4.79 Å². The lowest BCUT2D eigenvalue weighted by atomic mass is 10.2. The Morgan fingerprint density at radius 2 is 2.24 bits per heavy atom. The second kappa shape index (κ2) is 7.06. The van der Waals surface area contributed by atoms with Crippen molar-refractivity contribution in [1.82, 2.24) is 14.5 Å². The van der Waals surface area contributed by atoms with Gasteiger partial charge in [-0.05, 0) is 19.4 Å². The van der Waals surface area contributed by atoms with Gasteiger partial charge < -0.3 is 15.2 Å². The predicted octanol–water partition coefficient (Wildman–Crippen LogP) is 0.898. The highest BCUT2D eigenvalue weighted by molar-refractivity contribution is 5.75. The summed E-state index contributed by atoms with van der Waals surface area (Å²) in [6.45, 7) is 1.27. The molecule has 0 radical (unpaired) electrons. The van der Waals surface area contributed by atoms with Crippen LogP contribution in [0.3, 0.4) is 0 Å². The van der Waals surface area contributed by atoms with Gasteiger partial charge in [0.1, 0.15) is 5.82 Å². The molecule has 1 aromatic rings. The van der Waals surface area contributed by atoms with Gasteiger partial charge in [0.25, 0.3) is 0 Å². The Hall–Kier alpha value is -1.36. The number of carbonyl (C=O) groups excluding carboxylic acids is 1. The first-order valence-electron chi connectivity index (χ1n) is 6.05. The van der Waals surface area contributed by atoms with Crippen molar-refractivity contribution in [1.29, 1.82) is 0 Å². The van der Waals surface area contributed by atoms with Crippen LogP contribution in [0.15, 0.2) is 12.4 Å². The van der Waals surface area contributed by atoms with E-state index in [0.29, 0.717) is 19.5 Å². The van der Waals surface area contributed by atoms with Gasteiger partial charge in [0.2, 0.25) is 5.91 Å². The van der Waals surface area contributed by atoms with Crippen molar-refractivity contribution in [3.63, 3.8) is 0 Å². The smallest absolute Gasteiger partial charge is 0.222 e. The molecule has 0 atom stereocenters. The van der Waals surface area contributed by atoms with Crippen LogP contribution in [-0.4, -0.2) is 34.0 Å². The Morgan fingerprint density at radius 1 is 1.47 bits per heavy atom. The zero-order valence-electron chi connectivity index (χ0n) is 10.7. The zero-order valence-corrected chi connectivity index (χ0v) is 10.7. The normalized spacial score (nSPS) is 10.5. The van der Waals surface area contributed by atoms with Gasteiger partial charge in [0, 0.05) is 32.9 Å². The number of aryl methyl sites for hydroxylation is 1. The summed E-state index contributed by atoms with van der Waals surface area (Å²) < 4.78 is 1.93. The van der Waals surface area contributed by atoms with Gasteiger partial charge in [0.15, 0.2) is 0 Å². The number of hydrogen-bond acceptors (Lipinski definition) is 3. The lowest BCUT2D eigenvalue weighted by molar-refractivity contribution is -0.130. The lowest BCUT2D eigenvalue weighted by Gasteiger charge is -2.16. The SMILES string of the molecule is CN(Cc1nccn1C)C(=O)CCCCCN. The van der Waals surface area contributed by atoms with E-state index in [0.717, 1.165) is 25.1 Å².